The van der Waals surface area contributed by atoms with Gasteiger partial charge in [0.1, 0.15) is 5.69 Å². The minimum Gasteiger partial charge on any atom is -0.325 e. The average Bonchev–Trinajstić information content (AvgIpc) is 3.52. The molecular formula is C22H26Cl2N2O. The summed E-state index contributed by atoms with van der Waals surface area (Å²) in [5.74, 6) is 1.34. The largest absolute Gasteiger partial charge is 0.325 e. The van der Waals surface area contributed by atoms with Gasteiger partial charge in [-0.2, -0.15) is 0 Å². The Bertz CT molecular complexity index is 812. The van der Waals surface area contributed by atoms with Gasteiger partial charge < -0.3 is 5.73 Å². The zero-order chi connectivity index (χ0) is 18.1. The molecular weight excluding hydrogens is 379 g/mol. The van der Waals surface area contributed by atoms with Gasteiger partial charge in [0.15, 0.2) is 5.78 Å². The van der Waals surface area contributed by atoms with E-state index in [9.17, 15) is 4.79 Å². The van der Waals surface area contributed by atoms with Crippen LogP contribution in [0, 0.1) is 5.92 Å². The molecule has 5 heteroatoms. The Morgan fingerprint density at radius 2 is 1.74 bits per heavy atom. The van der Waals surface area contributed by atoms with E-state index in [1.54, 1.807) is 0 Å². The minimum absolute atomic E-state index is 0. The molecule has 0 saturated heterocycles. The Hall–Kier alpha value is -1.42. The van der Waals surface area contributed by atoms with Gasteiger partial charge >= 0.3 is 0 Å². The second-order valence-corrected chi connectivity index (χ2v) is 8.12. The van der Waals surface area contributed by atoms with Crippen molar-refractivity contribution in [2.45, 2.75) is 56.9 Å². The normalized spacial score (nSPS) is 22.1. The summed E-state index contributed by atoms with van der Waals surface area (Å²) in [4.78, 5) is 17.8. The third-order valence-corrected chi connectivity index (χ3v) is 6.10. The van der Waals surface area contributed by atoms with Crippen molar-refractivity contribution in [3.63, 3.8) is 0 Å². The summed E-state index contributed by atoms with van der Waals surface area (Å²) in [7, 11) is 0. The average molecular weight is 405 g/mol. The Morgan fingerprint density at radius 1 is 1.04 bits per heavy atom. The number of pyridine rings is 1. The highest BCUT2D eigenvalue weighted by Crippen LogP contribution is 2.43. The fourth-order valence-electron chi connectivity index (χ4n) is 4.19. The van der Waals surface area contributed by atoms with Crippen LogP contribution in [0.25, 0.3) is 0 Å². The van der Waals surface area contributed by atoms with Crippen LogP contribution in [0.3, 0.4) is 0 Å². The van der Waals surface area contributed by atoms with Gasteiger partial charge in [0.2, 0.25) is 0 Å². The van der Waals surface area contributed by atoms with Crippen LogP contribution in [0.1, 0.15) is 77.7 Å². The highest BCUT2D eigenvalue weighted by atomic mass is 35.5. The zero-order valence-corrected chi connectivity index (χ0v) is 16.9. The van der Waals surface area contributed by atoms with Crippen LogP contribution in [0.15, 0.2) is 36.4 Å². The Kier molecular flexibility index (Phi) is 6.56. The maximum absolute atomic E-state index is 13.2. The summed E-state index contributed by atoms with van der Waals surface area (Å²) >= 11 is 6.13. The smallest absolute Gasteiger partial charge is 0.184 e. The summed E-state index contributed by atoms with van der Waals surface area (Å²) in [6.07, 6.45) is 6.26. The first-order valence-electron chi connectivity index (χ1n) is 9.65. The standard InChI is InChI=1S/C22H25ClN2O.ClH/c23-18-3-1-2-17(12-18)14-4-8-16(9-5-14)22(26)21-20(15-6-7-15)11-10-19(13-24)25-21;/h1-3,10-12,14-16H,4-9,13,24H2;1H. The number of halogens is 2. The van der Waals surface area contributed by atoms with E-state index in [1.165, 1.54) is 18.4 Å². The van der Waals surface area contributed by atoms with Gasteiger partial charge in [-0.25, -0.2) is 4.98 Å². The number of nitrogens with two attached hydrogens (primary N) is 1. The van der Waals surface area contributed by atoms with Gasteiger partial charge in [0.25, 0.3) is 0 Å². The summed E-state index contributed by atoms with van der Waals surface area (Å²) in [6.45, 7) is 0.382. The number of nitrogens with zero attached hydrogens (tertiary/aromatic N) is 1. The van der Waals surface area contributed by atoms with E-state index in [-0.39, 0.29) is 24.1 Å². The third kappa shape index (κ3) is 4.53. The first-order chi connectivity index (χ1) is 12.7. The molecule has 1 aromatic heterocycles. The number of hydrogen-bond donors (Lipinski definition) is 1. The molecule has 0 atom stereocenters. The van der Waals surface area contributed by atoms with E-state index < -0.39 is 0 Å². The van der Waals surface area contributed by atoms with Crippen molar-refractivity contribution in [1.29, 1.82) is 0 Å². The van der Waals surface area contributed by atoms with Crippen molar-refractivity contribution in [2.24, 2.45) is 11.7 Å². The predicted octanol–water partition coefficient (Wildman–Crippen LogP) is 5.65. The topological polar surface area (TPSA) is 56.0 Å². The number of carbonyl (C=O) groups is 1. The number of benzene rings is 1. The number of ketones is 1. The highest BCUT2D eigenvalue weighted by Gasteiger charge is 2.33. The van der Waals surface area contributed by atoms with Crippen molar-refractivity contribution in [1.82, 2.24) is 4.98 Å². The zero-order valence-electron chi connectivity index (χ0n) is 15.4. The third-order valence-electron chi connectivity index (χ3n) is 5.86. The molecule has 1 aromatic carbocycles. The van der Waals surface area contributed by atoms with E-state index in [0.29, 0.717) is 24.1 Å². The lowest BCUT2D eigenvalue weighted by Gasteiger charge is -2.28. The molecule has 4 rings (SSSR count). The molecule has 2 saturated carbocycles. The van der Waals surface area contributed by atoms with Gasteiger partial charge in [0, 0.05) is 17.5 Å². The molecule has 2 N–H and O–H groups in total. The molecule has 0 aliphatic heterocycles. The summed E-state index contributed by atoms with van der Waals surface area (Å²) in [5, 5.41) is 0.789. The molecule has 1 heterocycles. The molecule has 2 aliphatic carbocycles. The van der Waals surface area contributed by atoms with Crippen LogP contribution in [0.2, 0.25) is 5.02 Å². The van der Waals surface area contributed by atoms with Gasteiger partial charge in [0.05, 0.1) is 5.69 Å². The fraction of sp³-hybridized carbons (Fsp3) is 0.455. The lowest BCUT2D eigenvalue weighted by Crippen LogP contribution is -2.23. The molecule has 2 aliphatic rings. The highest BCUT2D eigenvalue weighted by molar-refractivity contribution is 6.30. The monoisotopic (exact) mass is 404 g/mol. The second-order valence-electron chi connectivity index (χ2n) is 7.69. The van der Waals surface area contributed by atoms with E-state index in [2.05, 4.69) is 23.2 Å². The number of Topliss-reactive ketones (excluding diaryl/α,β-unsaturated/α-hetero) is 1. The summed E-state index contributed by atoms with van der Waals surface area (Å²) in [6, 6.07) is 12.2. The molecule has 0 radical (unpaired) electrons. The van der Waals surface area contributed by atoms with Crippen LogP contribution in [-0.2, 0) is 6.54 Å². The maximum Gasteiger partial charge on any atom is 0.184 e. The molecule has 0 amide bonds. The molecule has 144 valence electrons. The van der Waals surface area contributed by atoms with Crippen molar-refractivity contribution >= 4 is 29.8 Å². The maximum atomic E-state index is 13.2. The summed E-state index contributed by atoms with van der Waals surface area (Å²) < 4.78 is 0. The van der Waals surface area contributed by atoms with Crippen molar-refractivity contribution in [3.8, 4) is 0 Å². The van der Waals surface area contributed by atoms with Crippen molar-refractivity contribution in [3.05, 3.63) is 63.9 Å². The van der Waals surface area contributed by atoms with Crippen LogP contribution < -0.4 is 5.73 Å². The molecule has 0 unspecified atom stereocenters. The SMILES string of the molecule is Cl.NCc1ccc(C2CC2)c(C(=O)C2CCC(c3cccc(Cl)c3)CC2)n1. The Balaban J connectivity index is 0.00000210. The number of hydrogen-bond acceptors (Lipinski definition) is 3. The van der Waals surface area contributed by atoms with Crippen LogP contribution in [0.5, 0.6) is 0 Å². The van der Waals surface area contributed by atoms with Crippen molar-refractivity contribution in [2.75, 3.05) is 0 Å². The van der Waals surface area contributed by atoms with E-state index in [1.807, 2.05) is 18.2 Å². The number of aromatic nitrogens is 1. The van der Waals surface area contributed by atoms with Crippen LogP contribution in [0.4, 0.5) is 0 Å². The minimum atomic E-state index is 0. The van der Waals surface area contributed by atoms with E-state index >= 15 is 0 Å². The van der Waals surface area contributed by atoms with E-state index in [4.69, 9.17) is 17.3 Å². The molecule has 27 heavy (non-hydrogen) atoms. The molecule has 2 fully saturated rings. The second kappa shape index (κ2) is 8.72. The van der Waals surface area contributed by atoms with Crippen LogP contribution in [-0.4, -0.2) is 10.8 Å². The predicted molar refractivity (Wildman–Crippen MR) is 112 cm³/mol. The van der Waals surface area contributed by atoms with Crippen molar-refractivity contribution < 1.29 is 4.79 Å². The summed E-state index contributed by atoms with van der Waals surface area (Å²) in [5.41, 5.74) is 9.70. The number of rotatable bonds is 5. The molecule has 0 spiro atoms. The van der Waals surface area contributed by atoms with Gasteiger partial charge in [-0.05, 0) is 79.7 Å². The first kappa shape index (κ1) is 20.3. The lowest BCUT2D eigenvalue weighted by molar-refractivity contribution is 0.0877. The van der Waals surface area contributed by atoms with Gasteiger partial charge in [-0.15, -0.1) is 12.4 Å². The van der Waals surface area contributed by atoms with E-state index in [0.717, 1.165) is 42.0 Å². The molecule has 3 nitrogen and oxygen atoms in total. The van der Waals surface area contributed by atoms with Gasteiger partial charge in [-0.1, -0.05) is 29.8 Å². The first-order valence-corrected chi connectivity index (χ1v) is 10.0. The molecule has 2 aromatic rings. The fourth-order valence-corrected chi connectivity index (χ4v) is 4.39. The Labute approximate surface area is 172 Å². The lowest BCUT2D eigenvalue weighted by atomic mass is 9.76. The Morgan fingerprint density at radius 3 is 2.37 bits per heavy atom. The quantitative estimate of drug-likeness (QED) is 0.654. The molecule has 0 bridgehead atoms. The van der Waals surface area contributed by atoms with Crippen LogP contribution >= 0.6 is 24.0 Å². The number of carbonyl (C=O) groups excluding carboxylic acids is 1. The van der Waals surface area contributed by atoms with Gasteiger partial charge in [-0.3, -0.25) is 4.79 Å².